The number of esters is 2. The standard InChI is InChI=1S/C17H31N3O6/c1-5-25-15(23)8-7-12(16(24)26-6-2)20-14(22)10-19-13(21)9-17(3,4)11-18/h12H,5-11,18H2,1-4H3,(H,19,21)(H,20,22). The van der Waals surface area contributed by atoms with E-state index in [1.807, 2.05) is 13.8 Å². The van der Waals surface area contributed by atoms with Crippen molar-refractivity contribution < 1.29 is 28.7 Å². The summed E-state index contributed by atoms with van der Waals surface area (Å²) in [5.74, 6) is -1.96. The third-order valence-corrected chi connectivity index (χ3v) is 3.49. The van der Waals surface area contributed by atoms with Gasteiger partial charge in [-0.05, 0) is 32.2 Å². The maximum atomic E-state index is 12.0. The van der Waals surface area contributed by atoms with Crippen LogP contribution in [0.3, 0.4) is 0 Å². The number of amides is 2. The maximum absolute atomic E-state index is 12.0. The zero-order valence-corrected chi connectivity index (χ0v) is 16.1. The molecule has 0 radical (unpaired) electrons. The van der Waals surface area contributed by atoms with E-state index in [2.05, 4.69) is 10.6 Å². The molecule has 0 saturated carbocycles. The van der Waals surface area contributed by atoms with E-state index in [0.29, 0.717) is 6.54 Å². The van der Waals surface area contributed by atoms with E-state index in [9.17, 15) is 19.2 Å². The number of ether oxygens (including phenoxy) is 2. The zero-order valence-electron chi connectivity index (χ0n) is 16.1. The second-order valence-corrected chi connectivity index (χ2v) is 6.54. The van der Waals surface area contributed by atoms with Crippen LogP contribution in [0, 0.1) is 5.41 Å². The minimum absolute atomic E-state index is 0.0331. The Balaban J connectivity index is 4.54. The van der Waals surface area contributed by atoms with Crippen molar-refractivity contribution in [3.63, 3.8) is 0 Å². The highest BCUT2D eigenvalue weighted by Gasteiger charge is 2.24. The first-order valence-corrected chi connectivity index (χ1v) is 8.73. The largest absolute Gasteiger partial charge is 0.466 e. The van der Waals surface area contributed by atoms with Crippen molar-refractivity contribution in [3.8, 4) is 0 Å². The number of hydrogen-bond acceptors (Lipinski definition) is 7. The molecule has 0 aliphatic heterocycles. The van der Waals surface area contributed by atoms with Gasteiger partial charge in [0.1, 0.15) is 6.04 Å². The van der Waals surface area contributed by atoms with Crippen LogP contribution in [0.4, 0.5) is 0 Å². The molecule has 9 heteroatoms. The van der Waals surface area contributed by atoms with Gasteiger partial charge in [0, 0.05) is 12.8 Å². The third kappa shape index (κ3) is 10.7. The van der Waals surface area contributed by atoms with Gasteiger partial charge in [-0.3, -0.25) is 14.4 Å². The van der Waals surface area contributed by atoms with Crippen molar-refractivity contribution in [2.45, 2.75) is 53.0 Å². The summed E-state index contributed by atoms with van der Waals surface area (Å²) in [5.41, 5.74) is 5.20. The monoisotopic (exact) mass is 373 g/mol. The fourth-order valence-corrected chi connectivity index (χ4v) is 1.98. The first kappa shape index (κ1) is 23.8. The molecule has 4 N–H and O–H groups in total. The normalized spacial score (nSPS) is 12.0. The Labute approximate surface area is 154 Å². The molecule has 0 aromatic rings. The van der Waals surface area contributed by atoms with Crippen LogP contribution in [0.2, 0.25) is 0 Å². The van der Waals surface area contributed by atoms with Crippen LogP contribution in [-0.4, -0.2) is 56.1 Å². The lowest BCUT2D eigenvalue weighted by molar-refractivity contribution is -0.148. The minimum atomic E-state index is -0.982. The summed E-state index contributed by atoms with van der Waals surface area (Å²) in [5, 5.41) is 4.95. The summed E-state index contributed by atoms with van der Waals surface area (Å²) in [6.45, 7) is 7.45. The first-order chi connectivity index (χ1) is 12.1. The van der Waals surface area contributed by atoms with E-state index in [1.54, 1.807) is 13.8 Å². The van der Waals surface area contributed by atoms with Crippen molar-refractivity contribution in [3.05, 3.63) is 0 Å². The Hall–Kier alpha value is -2.16. The van der Waals surface area contributed by atoms with Gasteiger partial charge in [-0.2, -0.15) is 0 Å². The van der Waals surface area contributed by atoms with Gasteiger partial charge in [-0.15, -0.1) is 0 Å². The predicted octanol–water partition coefficient (Wildman–Crippen LogP) is -0.131. The molecule has 1 atom stereocenters. The summed E-state index contributed by atoms with van der Waals surface area (Å²) >= 11 is 0. The van der Waals surface area contributed by atoms with Crippen LogP contribution >= 0.6 is 0 Å². The first-order valence-electron chi connectivity index (χ1n) is 8.73. The topological polar surface area (TPSA) is 137 Å². The molecular formula is C17H31N3O6. The molecule has 0 aliphatic carbocycles. The average molecular weight is 373 g/mol. The second kappa shape index (κ2) is 12.2. The average Bonchev–Trinajstić information content (AvgIpc) is 2.56. The highest BCUT2D eigenvalue weighted by atomic mass is 16.5. The fourth-order valence-electron chi connectivity index (χ4n) is 1.98. The van der Waals surface area contributed by atoms with Crippen LogP contribution in [0.5, 0.6) is 0 Å². The van der Waals surface area contributed by atoms with Gasteiger partial charge < -0.3 is 25.8 Å². The predicted molar refractivity (Wildman–Crippen MR) is 94.9 cm³/mol. The molecule has 0 bridgehead atoms. The smallest absolute Gasteiger partial charge is 0.328 e. The number of carbonyl (C=O) groups excluding carboxylic acids is 4. The summed E-state index contributed by atoms with van der Waals surface area (Å²) < 4.78 is 9.70. The van der Waals surface area contributed by atoms with Crippen molar-refractivity contribution in [2.24, 2.45) is 11.1 Å². The van der Waals surface area contributed by atoms with Gasteiger partial charge in [0.05, 0.1) is 19.8 Å². The molecule has 0 rings (SSSR count). The molecule has 150 valence electrons. The molecule has 0 saturated heterocycles. The summed E-state index contributed by atoms with van der Waals surface area (Å²) in [6, 6.07) is -0.982. The van der Waals surface area contributed by atoms with Crippen LogP contribution in [0.25, 0.3) is 0 Å². The third-order valence-electron chi connectivity index (χ3n) is 3.49. The lowest BCUT2D eigenvalue weighted by Crippen LogP contribution is -2.47. The number of carbonyl (C=O) groups is 4. The maximum Gasteiger partial charge on any atom is 0.328 e. The van der Waals surface area contributed by atoms with E-state index in [-0.39, 0.29) is 50.3 Å². The lowest BCUT2D eigenvalue weighted by Gasteiger charge is -2.21. The van der Waals surface area contributed by atoms with Gasteiger partial charge >= 0.3 is 11.9 Å². The molecule has 0 spiro atoms. The van der Waals surface area contributed by atoms with E-state index < -0.39 is 23.9 Å². The number of hydrogen-bond donors (Lipinski definition) is 3. The minimum Gasteiger partial charge on any atom is -0.466 e. The van der Waals surface area contributed by atoms with Gasteiger partial charge in [-0.25, -0.2) is 4.79 Å². The summed E-state index contributed by atoms with van der Waals surface area (Å²) in [6.07, 6.45) is 0.202. The Kier molecular flexibility index (Phi) is 11.2. The van der Waals surface area contributed by atoms with Crippen molar-refractivity contribution >= 4 is 23.8 Å². The highest BCUT2D eigenvalue weighted by molar-refractivity contribution is 5.88. The van der Waals surface area contributed by atoms with Crippen LogP contribution in [0.1, 0.15) is 47.0 Å². The van der Waals surface area contributed by atoms with Crippen molar-refractivity contribution in [1.82, 2.24) is 10.6 Å². The quantitative estimate of drug-likeness (QED) is 0.405. The van der Waals surface area contributed by atoms with Crippen molar-refractivity contribution in [1.29, 1.82) is 0 Å². The molecule has 1 unspecified atom stereocenters. The molecule has 0 heterocycles. The molecule has 26 heavy (non-hydrogen) atoms. The molecule has 0 aromatic heterocycles. The molecule has 2 amide bonds. The molecule has 0 fully saturated rings. The number of nitrogens with two attached hydrogens (primary N) is 1. The number of rotatable bonds is 12. The second-order valence-electron chi connectivity index (χ2n) is 6.54. The number of nitrogens with one attached hydrogen (secondary N) is 2. The molecule has 0 aliphatic rings. The SMILES string of the molecule is CCOC(=O)CCC(NC(=O)CNC(=O)CC(C)(C)CN)C(=O)OCC. The molecule has 0 aromatic carbocycles. The summed E-state index contributed by atoms with van der Waals surface area (Å²) in [4.78, 5) is 47.2. The van der Waals surface area contributed by atoms with Crippen LogP contribution in [-0.2, 0) is 28.7 Å². The zero-order chi connectivity index (χ0) is 20.2. The Bertz CT molecular complexity index is 493. The molecular weight excluding hydrogens is 342 g/mol. The van der Waals surface area contributed by atoms with E-state index >= 15 is 0 Å². The van der Waals surface area contributed by atoms with Gasteiger partial charge in [-0.1, -0.05) is 13.8 Å². The summed E-state index contributed by atoms with van der Waals surface area (Å²) in [7, 11) is 0. The molecule has 9 nitrogen and oxygen atoms in total. The Morgan fingerprint density at radius 1 is 1.04 bits per heavy atom. The Morgan fingerprint density at radius 3 is 2.19 bits per heavy atom. The Morgan fingerprint density at radius 2 is 1.65 bits per heavy atom. The van der Waals surface area contributed by atoms with E-state index in [1.165, 1.54) is 0 Å². The van der Waals surface area contributed by atoms with E-state index in [4.69, 9.17) is 15.2 Å². The van der Waals surface area contributed by atoms with Gasteiger partial charge in [0.15, 0.2) is 0 Å². The van der Waals surface area contributed by atoms with Crippen LogP contribution < -0.4 is 16.4 Å². The fraction of sp³-hybridized carbons (Fsp3) is 0.765. The lowest BCUT2D eigenvalue weighted by atomic mass is 9.89. The highest BCUT2D eigenvalue weighted by Crippen LogP contribution is 2.17. The van der Waals surface area contributed by atoms with Crippen LogP contribution in [0.15, 0.2) is 0 Å². The van der Waals surface area contributed by atoms with Gasteiger partial charge in [0.2, 0.25) is 11.8 Å². The van der Waals surface area contributed by atoms with Crippen molar-refractivity contribution in [2.75, 3.05) is 26.3 Å². The van der Waals surface area contributed by atoms with E-state index in [0.717, 1.165) is 0 Å². The van der Waals surface area contributed by atoms with Gasteiger partial charge in [0.25, 0.3) is 0 Å².